The molecule has 1 aromatic heterocycles. The van der Waals surface area contributed by atoms with Crippen molar-refractivity contribution in [2.45, 2.75) is 19.8 Å². The van der Waals surface area contributed by atoms with Gasteiger partial charge in [-0.25, -0.2) is 9.97 Å². The van der Waals surface area contributed by atoms with Gasteiger partial charge in [0, 0.05) is 30.5 Å². The number of aromatic nitrogens is 2. The molecule has 0 spiro atoms. The van der Waals surface area contributed by atoms with E-state index in [9.17, 15) is 0 Å². The van der Waals surface area contributed by atoms with Gasteiger partial charge >= 0.3 is 0 Å². The van der Waals surface area contributed by atoms with Crippen LogP contribution in [0.25, 0.3) is 0 Å². The summed E-state index contributed by atoms with van der Waals surface area (Å²) in [5.74, 6) is 4.01. The average Bonchev–Trinajstić information content (AvgIpc) is 2.33. The van der Waals surface area contributed by atoms with Gasteiger partial charge in [-0.1, -0.05) is 37.0 Å². The number of rotatable bonds is 2. The Hall–Kier alpha value is -0.190. The summed E-state index contributed by atoms with van der Waals surface area (Å²) in [4.78, 5) is 11.0. The summed E-state index contributed by atoms with van der Waals surface area (Å²) >= 11 is 14.2. The predicted molar refractivity (Wildman–Crippen MR) is 75.7 cm³/mol. The Bertz CT molecular complexity index is 406. The van der Waals surface area contributed by atoms with Gasteiger partial charge < -0.3 is 4.90 Å². The van der Waals surface area contributed by atoms with E-state index in [0.29, 0.717) is 10.2 Å². The molecule has 2 heterocycles. The fourth-order valence-corrected chi connectivity index (χ4v) is 2.95. The number of halogens is 2. The highest BCUT2D eigenvalue weighted by Gasteiger charge is 2.20. The summed E-state index contributed by atoms with van der Waals surface area (Å²) in [7, 11) is 0. The van der Waals surface area contributed by atoms with Crippen LogP contribution in [-0.4, -0.2) is 34.6 Å². The van der Waals surface area contributed by atoms with Gasteiger partial charge in [0.2, 0.25) is 0 Å². The predicted octanol–water partition coefficient (Wildman–Crippen LogP) is 3.46. The summed E-state index contributed by atoms with van der Waals surface area (Å²) in [5.41, 5.74) is 0. The van der Waals surface area contributed by atoms with Gasteiger partial charge in [0.05, 0.1) is 0 Å². The molecule has 0 saturated carbocycles. The molecule has 1 aliphatic heterocycles. The van der Waals surface area contributed by atoms with Gasteiger partial charge in [-0.2, -0.15) is 11.8 Å². The lowest BCUT2D eigenvalue weighted by molar-refractivity contribution is 0.754. The molecular formula is C11H15Cl2N3S. The van der Waals surface area contributed by atoms with Crippen LogP contribution in [0.2, 0.25) is 10.2 Å². The summed E-state index contributed by atoms with van der Waals surface area (Å²) in [6.45, 7) is 6.04. The molecule has 2 rings (SSSR count). The molecule has 1 fully saturated rings. The maximum absolute atomic E-state index is 6.20. The van der Waals surface area contributed by atoms with E-state index in [4.69, 9.17) is 23.2 Å². The molecule has 17 heavy (non-hydrogen) atoms. The SMILES string of the molecule is CC(C)c1nc(Cl)c(Cl)c(N2CCSCC2)n1. The zero-order chi connectivity index (χ0) is 12.4. The lowest BCUT2D eigenvalue weighted by Gasteiger charge is -2.28. The molecule has 94 valence electrons. The Morgan fingerprint density at radius 1 is 1.18 bits per heavy atom. The van der Waals surface area contributed by atoms with Crippen molar-refractivity contribution in [2.75, 3.05) is 29.5 Å². The topological polar surface area (TPSA) is 29.0 Å². The number of thioether (sulfide) groups is 1. The minimum absolute atomic E-state index is 0.252. The normalized spacial score (nSPS) is 16.6. The fraction of sp³-hybridized carbons (Fsp3) is 0.636. The van der Waals surface area contributed by atoms with E-state index in [1.165, 1.54) is 0 Å². The van der Waals surface area contributed by atoms with Gasteiger partial charge in [-0.05, 0) is 0 Å². The van der Waals surface area contributed by atoms with Crippen LogP contribution in [0.4, 0.5) is 5.82 Å². The second-order valence-electron chi connectivity index (χ2n) is 4.26. The van der Waals surface area contributed by atoms with Crippen molar-refractivity contribution in [1.29, 1.82) is 0 Å². The highest BCUT2D eigenvalue weighted by Crippen LogP contribution is 2.32. The van der Waals surface area contributed by atoms with E-state index < -0.39 is 0 Å². The van der Waals surface area contributed by atoms with Crippen molar-refractivity contribution < 1.29 is 0 Å². The number of hydrogen-bond donors (Lipinski definition) is 0. The first-order valence-electron chi connectivity index (χ1n) is 5.65. The molecule has 1 saturated heterocycles. The third kappa shape index (κ3) is 2.98. The lowest BCUT2D eigenvalue weighted by Crippen LogP contribution is -2.33. The van der Waals surface area contributed by atoms with Gasteiger partial charge in [0.1, 0.15) is 10.8 Å². The van der Waals surface area contributed by atoms with E-state index in [1.807, 2.05) is 11.8 Å². The first-order chi connectivity index (χ1) is 8.09. The summed E-state index contributed by atoms with van der Waals surface area (Å²) < 4.78 is 0. The van der Waals surface area contributed by atoms with Crippen molar-refractivity contribution in [3.05, 3.63) is 16.0 Å². The van der Waals surface area contributed by atoms with Gasteiger partial charge in [-0.3, -0.25) is 0 Å². The van der Waals surface area contributed by atoms with Crippen LogP contribution in [0, 0.1) is 0 Å². The van der Waals surface area contributed by atoms with Crippen LogP contribution < -0.4 is 4.90 Å². The Balaban J connectivity index is 2.36. The molecule has 0 aliphatic carbocycles. The summed E-state index contributed by atoms with van der Waals surface area (Å²) in [5, 5.41) is 0.835. The Labute approximate surface area is 116 Å². The molecule has 0 bridgehead atoms. The van der Waals surface area contributed by atoms with E-state index >= 15 is 0 Å². The molecule has 0 amide bonds. The molecule has 0 N–H and O–H groups in total. The Kier molecular flexibility index (Phi) is 4.39. The van der Waals surface area contributed by atoms with E-state index in [-0.39, 0.29) is 5.92 Å². The van der Waals surface area contributed by atoms with Crippen LogP contribution in [0.3, 0.4) is 0 Å². The van der Waals surface area contributed by atoms with Crippen molar-refractivity contribution in [3.63, 3.8) is 0 Å². The largest absolute Gasteiger partial charge is 0.354 e. The van der Waals surface area contributed by atoms with Crippen molar-refractivity contribution in [2.24, 2.45) is 0 Å². The highest BCUT2D eigenvalue weighted by molar-refractivity contribution is 7.99. The molecule has 0 radical (unpaired) electrons. The summed E-state index contributed by atoms with van der Waals surface area (Å²) in [6, 6.07) is 0. The standard InChI is InChI=1S/C11H15Cl2N3S/c1-7(2)10-14-9(13)8(12)11(15-10)16-3-5-17-6-4-16/h7H,3-6H2,1-2H3. The van der Waals surface area contributed by atoms with Gasteiger partial charge in [-0.15, -0.1) is 0 Å². The molecule has 0 unspecified atom stereocenters. The number of nitrogens with zero attached hydrogens (tertiary/aromatic N) is 3. The Morgan fingerprint density at radius 3 is 2.41 bits per heavy atom. The summed E-state index contributed by atoms with van der Waals surface area (Å²) in [6.07, 6.45) is 0. The lowest BCUT2D eigenvalue weighted by atomic mass is 10.2. The monoisotopic (exact) mass is 291 g/mol. The van der Waals surface area contributed by atoms with Gasteiger partial charge in [0.15, 0.2) is 11.0 Å². The minimum atomic E-state index is 0.252. The molecule has 3 nitrogen and oxygen atoms in total. The average molecular weight is 292 g/mol. The molecule has 1 aliphatic rings. The van der Waals surface area contributed by atoms with Crippen LogP contribution in [0.1, 0.15) is 25.6 Å². The Morgan fingerprint density at radius 2 is 1.82 bits per heavy atom. The smallest absolute Gasteiger partial charge is 0.153 e. The van der Waals surface area contributed by atoms with Gasteiger partial charge in [0.25, 0.3) is 0 Å². The highest BCUT2D eigenvalue weighted by atomic mass is 35.5. The first-order valence-corrected chi connectivity index (χ1v) is 7.56. The molecule has 1 aromatic rings. The van der Waals surface area contributed by atoms with E-state index in [2.05, 4.69) is 28.7 Å². The molecule has 0 aromatic carbocycles. The number of hydrogen-bond acceptors (Lipinski definition) is 4. The maximum Gasteiger partial charge on any atom is 0.153 e. The first kappa shape index (κ1) is 13.2. The van der Waals surface area contributed by atoms with E-state index in [0.717, 1.165) is 36.2 Å². The third-order valence-electron chi connectivity index (χ3n) is 2.64. The van der Waals surface area contributed by atoms with Crippen LogP contribution >= 0.6 is 35.0 Å². The maximum atomic E-state index is 6.20. The number of anilines is 1. The van der Waals surface area contributed by atoms with Crippen LogP contribution in [0.5, 0.6) is 0 Å². The van der Waals surface area contributed by atoms with E-state index in [1.54, 1.807) is 0 Å². The second kappa shape index (κ2) is 5.63. The van der Waals surface area contributed by atoms with Crippen LogP contribution in [-0.2, 0) is 0 Å². The van der Waals surface area contributed by atoms with Crippen molar-refractivity contribution in [1.82, 2.24) is 9.97 Å². The fourth-order valence-electron chi connectivity index (χ4n) is 1.67. The zero-order valence-electron chi connectivity index (χ0n) is 9.91. The van der Waals surface area contributed by atoms with Crippen LogP contribution in [0.15, 0.2) is 0 Å². The third-order valence-corrected chi connectivity index (χ3v) is 4.30. The minimum Gasteiger partial charge on any atom is -0.354 e. The molecule has 6 heteroatoms. The molecule has 0 atom stereocenters. The zero-order valence-corrected chi connectivity index (χ0v) is 12.2. The quantitative estimate of drug-likeness (QED) is 0.781. The second-order valence-corrected chi connectivity index (χ2v) is 6.23. The van der Waals surface area contributed by atoms with Crippen molar-refractivity contribution in [3.8, 4) is 0 Å². The van der Waals surface area contributed by atoms with Crippen molar-refractivity contribution >= 4 is 40.8 Å². The molecular weight excluding hydrogens is 277 g/mol.